The van der Waals surface area contributed by atoms with E-state index >= 15 is 0 Å². The number of ether oxygens (including phenoxy) is 1. The van der Waals surface area contributed by atoms with Crippen LogP contribution in [0.4, 0.5) is 10.7 Å². The lowest BCUT2D eigenvalue weighted by Crippen LogP contribution is -2.52. The first kappa shape index (κ1) is 19.3. The summed E-state index contributed by atoms with van der Waals surface area (Å²) >= 11 is 0. The number of carbonyl (C=O) groups is 1. The number of hydrogen-bond acceptors (Lipinski definition) is 6. The number of benzene rings is 2. The van der Waals surface area contributed by atoms with Gasteiger partial charge >= 0.3 is 6.03 Å². The number of aromatic nitrogens is 4. The lowest BCUT2D eigenvalue weighted by Gasteiger charge is -2.34. The molecule has 1 fully saturated rings. The molecule has 0 saturated carbocycles. The Bertz CT molecular complexity index is 1050. The number of tetrazole rings is 1. The van der Waals surface area contributed by atoms with Gasteiger partial charge in [0.05, 0.1) is 12.3 Å². The monoisotopic (exact) mass is 419 g/mol. The predicted octanol–water partition coefficient (Wildman–Crippen LogP) is 1.67. The molecular weight excluding hydrogens is 394 g/mol. The molecule has 0 atom stereocenters. The van der Waals surface area contributed by atoms with Gasteiger partial charge < -0.3 is 19.9 Å². The molecule has 0 bridgehead atoms. The van der Waals surface area contributed by atoms with Crippen molar-refractivity contribution in [3.63, 3.8) is 0 Å². The second-order valence-corrected chi connectivity index (χ2v) is 7.72. The number of nitrogens with zero attached hydrogens (tertiary/aromatic N) is 6. The van der Waals surface area contributed by atoms with Crippen LogP contribution in [0.3, 0.4) is 0 Å². The minimum atomic E-state index is -0.0215. The van der Waals surface area contributed by atoms with Crippen LogP contribution in [-0.2, 0) is 12.8 Å². The Labute approximate surface area is 180 Å². The van der Waals surface area contributed by atoms with E-state index in [9.17, 15) is 4.79 Å². The van der Waals surface area contributed by atoms with E-state index in [1.807, 2.05) is 41.3 Å². The number of piperazine rings is 1. The zero-order valence-corrected chi connectivity index (χ0v) is 17.3. The van der Waals surface area contributed by atoms with Gasteiger partial charge in [0.25, 0.3) is 0 Å². The van der Waals surface area contributed by atoms with E-state index in [1.165, 1.54) is 11.1 Å². The Balaban J connectivity index is 1.12. The van der Waals surface area contributed by atoms with Crippen molar-refractivity contribution in [1.82, 2.24) is 30.4 Å². The number of hydrogen-bond donors (Lipinski definition) is 1. The maximum atomic E-state index is 12.6. The number of nitrogens with one attached hydrogen (secondary N) is 1. The molecule has 5 rings (SSSR count). The summed E-state index contributed by atoms with van der Waals surface area (Å²) in [5, 5.41) is 15.2. The normalized spacial score (nSPS) is 15.5. The van der Waals surface area contributed by atoms with Gasteiger partial charge in [-0.2, -0.15) is 4.68 Å². The van der Waals surface area contributed by atoms with E-state index in [0.717, 1.165) is 30.9 Å². The molecule has 0 aliphatic carbocycles. The molecule has 2 aliphatic heterocycles. The smallest absolute Gasteiger partial charge is 0.317 e. The summed E-state index contributed by atoms with van der Waals surface area (Å²) in [6, 6.07) is 16.1. The van der Waals surface area contributed by atoms with E-state index in [1.54, 1.807) is 4.68 Å². The van der Waals surface area contributed by atoms with Crippen LogP contribution in [0, 0.1) is 0 Å². The van der Waals surface area contributed by atoms with Gasteiger partial charge in [0.2, 0.25) is 5.95 Å². The molecule has 1 aromatic heterocycles. The largest absolute Gasteiger partial charge is 0.493 e. The van der Waals surface area contributed by atoms with E-state index < -0.39 is 0 Å². The fourth-order valence-corrected chi connectivity index (χ4v) is 4.05. The first-order chi connectivity index (χ1) is 15.3. The molecule has 0 spiro atoms. The third-order valence-corrected chi connectivity index (χ3v) is 5.75. The van der Waals surface area contributed by atoms with Crippen LogP contribution < -0.4 is 15.0 Å². The Morgan fingerprint density at radius 2 is 1.90 bits per heavy atom. The van der Waals surface area contributed by atoms with Crippen molar-refractivity contribution in [2.24, 2.45) is 0 Å². The number of carbonyl (C=O) groups excluding carboxylic acids is 1. The fourth-order valence-electron chi connectivity index (χ4n) is 4.05. The average Bonchev–Trinajstić information content (AvgIpc) is 3.49. The quantitative estimate of drug-likeness (QED) is 0.677. The molecule has 2 aromatic carbocycles. The second-order valence-electron chi connectivity index (χ2n) is 7.72. The van der Waals surface area contributed by atoms with Crippen molar-refractivity contribution in [1.29, 1.82) is 0 Å². The molecule has 2 amide bonds. The van der Waals surface area contributed by atoms with Crippen LogP contribution in [0.2, 0.25) is 0 Å². The molecular formula is C22H25N7O2. The lowest BCUT2D eigenvalue weighted by atomic mass is 10.1. The highest BCUT2D eigenvalue weighted by Crippen LogP contribution is 2.26. The lowest BCUT2D eigenvalue weighted by molar-refractivity contribution is 0.194. The molecule has 3 heterocycles. The van der Waals surface area contributed by atoms with Crippen molar-refractivity contribution in [2.75, 3.05) is 44.2 Å². The van der Waals surface area contributed by atoms with E-state index in [2.05, 4.69) is 37.9 Å². The van der Waals surface area contributed by atoms with Crippen molar-refractivity contribution in [3.8, 4) is 11.4 Å². The van der Waals surface area contributed by atoms with E-state index in [-0.39, 0.29) is 6.03 Å². The van der Waals surface area contributed by atoms with Crippen LogP contribution in [0.15, 0.2) is 48.5 Å². The van der Waals surface area contributed by atoms with Crippen molar-refractivity contribution >= 4 is 12.0 Å². The van der Waals surface area contributed by atoms with Gasteiger partial charge in [-0.25, -0.2) is 4.79 Å². The summed E-state index contributed by atoms with van der Waals surface area (Å²) in [5.74, 6) is 1.69. The van der Waals surface area contributed by atoms with Gasteiger partial charge in [-0.15, -0.1) is 0 Å². The molecule has 3 aromatic rings. The van der Waals surface area contributed by atoms with Gasteiger partial charge in [-0.3, -0.25) is 0 Å². The minimum absolute atomic E-state index is 0.0215. The molecule has 1 N–H and O–H groups in total. The maximum Gasteiger partial charge on any atom is 0.317 e. The number of anilines is 1. The van der Waals surface area contributed by atoms with Gasteiger partial charge in [0, 0.05) is 39.1 Å². The summed E-state index contributed by atoms with van der Waals surface area (Å²) in [6.07, 6.45) is 1.78. The highest BCUT2D eigenvalue weighted by molar-refractivity contribution is 5.74. The summed E-state index contributed by atoms with van der Waals surface area (Å²) in [5.41, 5.74) is 3.40. The Kier molecular flexibility index (Phi) is 5.39. The fraction of sp³-hybridized carbons (Fsp3) is 0.364. The number of para-hydroxylation sites is 1. The molecule has 160 valence electrons. The summed E-state index contributed by atoms with van der Waals surface area (Å²) in [4.78, 5) is 16.6. The molecule has 2 aliphatic rings. The van der Waals surface area contributed by atoms with Crippen molar-refractivity contribution in [3.05, 3.63) is 59.7 Å². The molecule has 0 unspecified atom stereocenters. The van der Waals surface area contributed by atoms with Gasteiger partial charge in [-0.05, 0) is 46.2 Å². The summed E-state index contributed by atoms with van der Waals surface area (Å²) in [6.45, 7) is 4.01. The van der Waals surface area contributed by atoms with E-state index in [4.69, 9.17) is 4.74 Å². The SMILES string of the molecule is O=C(NCCc1ccc2c(c1)CCO2)N1CCN(c2nnnn2-c2ccccc2)CC1. The first-order valence-electron chi connectivity index (χ1n) is 10.6. The number of rotatable bonds is 5. The van der Waals surface area contributed by atoms with Crippen LogP contribution in [0.1, 0.15) is 11.1 Å². The second kappa shape index (κ2) is 8.63. The summed E-state index contributed by atoms with van der Waals surface area (Å²) in [7, 11) is 0. The van der Waals surface area contributed by atoms with Crippen molar-refractivity contribution in [2.45, 2.75) is 12.8 Å². The number of fused-ring (bicyclic) bond motifs is 1. The van der Waals surface area contributed by atoms with Crippen LogP contribution >= 0.6 is 0 Å². The molecule has 9 nitrogen and oxygen atoms in total. The Hall–Kier alpha value is -3.62. The van der Waals surface area contributed by atoms with Crippen LogP contribution in [0.5, 0.6) is 5.75 Å². The van der Waals surface area contributed by atoms with Crippen LogP contribution in [-0.4, -0.2) is 70.5 Å². The topological polar surface area (TPSA) is 88.4 Å². The standard InChI is InChI=1S/C22H25N7O2/c30-22(23-10-8-17-6-7-20-18(16-17)9-15-31-20)28-13-11-27(12-14-28)21-24-25-26-29(21)19-4-2-1-3-5-19/h1-7,16H,8-15H2,(H,23,30). The summed E-state index contributed by atoms with van der Waals surface area (Å²) < 4.78 is 7.28. The highest BCUT2D eigenvalue weighted by atomic mass is 16.5. The molecule has 31 heavy (non-hydrogen) atoms. The third-order valence-electron chi connectivity index (χ3n) is 5.75. The zero-order valence-electron chi connectivity index (χ0n) is 17.3. The Morgan fingerprint density at radius 1 is 1.06 bits per heavy atom. The zero-order chi connectivity index (χ0) is 21.0. The third kappa shape index (κ3) is 4.16. The maximum absolute atomic E-state index is 12.6. The van der Waals surface area contributed by atoms with Gasteiger partial charge in [0.1, 0.15) is 5.75 Å². The number of amides is 2. The highest BCUT2D eigenvalue weighted by Gasteiger charge is 2.24. The molecule has 0 radical (unpaired) electrons. The van der Waals surface area contributed by atoms with E-state index in [0.29, 0.717) is 38.7 Å². The molecule has 1 saturated heterocycles. The number of urea groups is 1. The Morgan fingerprint density at radius 3 is 2.74 bits per heavy atom. The molecule has 9 heteroatoms. The first-order valence-corrected chi connectivity index (χ1v) is 10.6. The predicted molar refractivity (Wildman–Crippen MR) is 116 cm³/mol. The van der Waals surface area contributed by atoms with Crippen LogP contribution in [0.25, 0.3) is 5.69 Å². The average molecular weight is 419 g/mol. The van der Waals surface area contributed by atoms with Gasteiger partial charge in [-0.1, -0.05) is 35.4 Å². The minimum Gasteiger partial charge on any atom is -0.493 e. The van der Waals surface area contributed by atoms with Gasteiger partial charge in [0.15, 0.2) is 0 Å². The van der Waals surface area contributed by atoms with Crippen molar-refractivity contribution < 1.29 is 9.53 Å².